The van der Waals surface area contributed by atoms with Crippen LogP contribution in [0.3, 0.4) is 0 Å². The third-order valence-corrected chi connectivity index (χ3v) is 8.37. The van der Waals surface area contributed by atoms with Crippen LogP contribution in [0.25, 0.3) is 12.2 Å². The number of rotatable bonds is 3. The molecule has 0 heterocycles. The van der Waals surface area contributed by atoms with E-state index in [0.29, 0.717) is 23.5 Å². The van der Waals surface area contributed by atoms with Crippen molar-refractivity contribution in [2.75, 3.05) is 7.11 Å². The van der Waals surface area contributed by atoms with Crippen molar-refractivity contribution in [3.8, 4) is 11.5 Å². The summed E-state index contributed by atoms with van der Waals surface area (Å²) in [5.74, 6) is 3.04. The van der Waals surface area contributed by atoms with Crippen LogP contribution in [-0.4, -0.2) is 23.4 Å². The van der Waals surface area contributed by atoms with Gasteiger partial charge in [-0.3, -0.25) is 0 Å². The third-order valence-electron chi connectivity index (χ3n) is 8.37. The van der Waals surface area contributed by atoms with Crippen LogP contribution in [-0.2, 0) is 6.42 Å². The number of aliphatic hydroxyl groups is 1. The minimum atomic E-state index is -0.133. The Kier molecular flexibility index (Phi) is 4.89. The highest BCUT2D eigenvalue weighted by Crippen LogP contribution is 2.61. The average molecular weight is 405 g/mol. The number of aliphatic hydroxyl groups excluding tert-OH is 1. The Morgan fingerprint density at radius 3 is 2.77 bits per heavy atom. The van der Waals surface area contributed by atoms with Gasteiger partial charge in [0.1, 0.15) is 11.5 Å². The van der Waals surface area contributed by atoms with Crippen LogP contribution in [0, 0.1) is 17.3 Å². The molecule has 0 unspecified atom stereocenters. The van der Waals surface area contributed by atoms with E-state index >= 15 is 0 Å². The summed E-state index contributed by atoms with van der Waals surface area (Å²) >= 11 is 0. The summed E-state index contributed by atoms with van der Waals surface area (Å²) in [6, 6.07) is 12.2. The molecule has 2 fully saturated rings. The summed E-state index contributed by atoms with van der Waals surface area (Å²) in [4.78, 5) is 0. The van der Waals surface area contributed by atoms with Crippen LogP contribution in [0.1, 0.15) is 67.2 Å². The molecular formula is C27H32O3. The summed E-state index contributed by atoms with van der Waals surface area (Å²) in [5, 5.41) is 21.3. The van der Waals surface area contributed by atoms with E-state index in [9.17, 15) is 10.2 Å². The zero-order valence-electron chi connectivity index (χ0n) is 18.0. The van der Waals surface area contributed by atoms with Gasteiger partial charge in [0.15, 0.2) is 0 Å². The van der Waals surface area contributed by atoms with E-state index in [4.69, 9.17) is 4.74 Å². The lowest BCUT2D eigenvalue weighted by Crippen LogP contribution is -2.43. The van der Waals surface area contributed by atoms with Crippen molar-refractivity contribution >= 4 is 12.2 Å². The van der Waals surface area contributed by atoms with Crippen LogP contribution in [0.2, 0.25) is 0 Å². The number of aryl methyl sites for hydroxylation is 1. The Morgan fingerprint density at radius 2 is 1.93 bits per heavy atom. The van der Waals surface area contributed by atoms with Crippen LogP contribution in [0.5, 0.6) is 11.5 Å². The van der Waals surface area contributed by atoms with Gasteiger partial charge in [-0.2, -0.15) is 0 Å². The molecule has 3 aliphatic carbocycles. The minimum absolute atomic E-state index is 0.102. The van der Waals surface area contributed by atoms with Crippen molar-refractivity contribution in [2.45, 2.75) is 57.5 Å². The average Bonchev–Trinajstić information content (AvgIpc) is 3.07. The van der Waals surface area contributed by atoms with E-state index < -0.39 is 0 Å². The fourth-order valence-corrected chi connectivity index (χ4v) is 6.66. The van der Waals surface area contributed by atoms with E-state index in [2.05, 4.69) is 13.0 Å². The molecule has 3 nitrogen and oxygen atoms in total. The van der Waals surface area contributed by atoms with Gasteiger partial charge in [-0.1, -0.05) is 31.2 Å². The molecule has 0 saturated heterocycles. The quantitative estimate of drug-likeness (QED) is 0.637. The van der Waals surface area contributed by atoms with Gasteiger partial charge >= 0.3 is 0 Å². The lowest BCUT2D eigenvalue weighted by molar-refractivity contribution is -0.0226. The summed E-state index contributed by atoms with van der Waals surface area (Å²) in [6.07, 6.45) is 10.5. The number of benzene rings is 2. The Bertz CT molecular complexity index is 978. The van der Waals surface area contributed by atoms with Gasteiger partial charge in [-0.15, -0.1) is 0 Å². The molecule has 2 aromatic carbocycles. The second kappa shape index (κ2) is 7.46. The van der Waals surface area contributed by atoms with E-state index in [0.717, 1.165) is 49.0 Å². The number of fused-ring (bicyclic) bond motifs is 5. The topological polar surface area (TPSA) is 49.7 Å². The van der Waals surface area contributed by atoms with Crippen molar-refractivity contribution in [2.24, 2.45) is 17.3 Å². The van der Waals surface area contributed by atoms with E-state index in [1.807, 2.05) is 42.5 Å². The maximum Gasteiger partial charge on any atom is 0.123 e. The Hall–Kier alpha value is -2.26. The van der Waals surface area contributed by atoms with Gasteiger partial charge in [-0.05, 0) is 103 Å². The third kappa shape index (κ3) is 3.15. The maximum absolute atomic E-state index is 10.7. The molecule has 0 spiro atoms. The van der Waals surface area contributed by atoms with Crippen LogP contribution in [0.4, 0.5) is 0 Å². The number of hydrogen-bond acceptors (Lipinski definition) is 3. The summed E-state index contributed by atoms with van der Waals surface area (Å²) in [6.45, 7) is 2.32. The fourth-order valence-electron chi connectivity index (χ4n) is 6.66. The predicted molar refractivity (Wildman–Crippen MR) is 121 cm³/mol. The molecule has 2 aromatic rings. The first kappa shape index (κ1) is 19.7. The predicted octanol–water partition coefficient (Wildman–Crippen LogP) is 5.79. The van der Waals surface area contributed by atoms with Gasteiger partial charge in [-0.25, -0.2) is 0 Å². The minimum Gasteiger partial charge on any atom is -0.507 e. The molecule has 0 radical (unpaired) electrons. The molecule has 2 saturated carbocycles. The lowest BCUT2D eigenvalue weighted by Gasteiger charge is -2.50. The number of aromatic hydroxyl groups is 1. The zero-order chi connectivity index (χ0) is 20.9. The van der Waals surface area contributed by atoms with Crippen molar-refractivity contribution in [3.05, 3.63) is 58.7 Å². The molecule has 0 bridgehead atoms. The number of phenolic OH excluding ortho intramolecular Hbond substituents is 1. The van der Waals surface area contributed by atoms with Crippen molar-refractivity contribution in [1.29, 1.82) is 0 Å². The highest BCUT2D eigenvalue weighted by atomic mass is 16.5. The monoisotopic (exact) mass is 404 g/mol. The van der Waals surface area contributed by atoms with Gasteiger partial charge in [0.2, 0.25) is 0 Å². The molecule has 5 atom stereocenters. The molecular weight excluding hydrogens is 372 g/mol. The Balaban J connectivity index is 1.46. The second-order valence-corrected chi connectivity index (χ2v) is 9.77. The normalized spacial score (nSPS) is 32.5. The molecule has 0 aromatic heterocycles. The standard InChI is InChI=1S/C27H32O3/c1-27-13-12-21-22(24(27)10-11-26(27)29)9-8-18-16-25(28)19(15-23(18)21)7-6-17-4-3-5-20(14-17)30-2/h3-7,14-16,21-22,24,26,28-29H,8-13H2,1-2H3/b7-6-/t21-,22+,24-,26-,27-/m0/s1. The Labute approximate surface area is 179 Å². The smallest absolute Gasteiger partial charge is 0.123 e. The lowest BCUT2D eigenvalue weighted by atomic mass is 9.55. The summed E-state index contributed by atoms with van der Waals surface area (Å²) in [5.41, 5.74) is 4.78. The Morgan fingerprint density at radius 1 is 1.07 bits per heavy atom. The van der Waals surface area contributed by atoms with Crippen molar-refractivity contribution in [3.63, 3.8) is 0 Å². The van der Waals surface area contributed by atoms with Gasteiger partial charge in [0, 0.05) is 5.56 Å². The van der Waals surface area contributed by atoms with E-state index in [1.54, 1.807) is 7.11 Å². The number of methoxy groups -OCH3 is 1. The molecule has 3 heteroatoms. The second-order valence-electron chi connectivity index (χ2n) is 9.77. The largest absolute Gasteiger partial charge is 0.507 e. The highest BCUT2D eigenvalue weighted by Gasteiger charge is 2.54. The zero-order valence-corrected chi connectivity index (χ0v) is 18.0. The van der Waals surface area contributed by atoms with Crippen LogP contribution in [0.15, 0.2) is 36.4 Å². The summed E-state index contributed by atoms with van der Waals surface area (Å²) in [7, 11) is 1.67. The maximum atomic E-state index is 10.7. The molecule has 2 N–H and O–H groups in total. The van der Waals surface area contributed by atoms with E-state index in [1.165, 1.54) is 17.5 Å². The highest BCUT2D eigenvalue weighted by molar-refractivity contribution is 5.74. The van der Waals surface area contributed by atoms with Gasteiger partial charge in [0.25, 0.3) is 0 Å². The van der Waals surface area contributed by atoms with E-state index in [-0.39, 0.29) is 11.5 Å². The fraction of sp³-hybridized carbons (Fsp3) is 0.481. The number of hydrogen-bond donors (Lipinski definition) is 2. The molecule has 5 rings (SSSR count). The number of phenols is 1. The molecule has 3 aliphatic rings. The van der Waals surface area contributed by atoms with Crippen LogP contribution >= 0.6 is 0 Å². The number of ether oxygens (including phenoxy) is 1. The van der Waals surface area contributed by atoms with Crippen molar-refractivity contribution < 1.29 is 14.9 Å². The van der Waals surface area contributed by atoms with Crippen LogP contribution < -0.4 is 4.74 Å². The molecule has 0 aliphatic heterocycles. The SMILES string of the molecule is COc1cccc(/C=C\c2cc3c(cc2O)CC[C@@H]2[C@@H]3CC[C@]3(C)[C@@H](O)CC[C@@H]23)c1. The first-order valence-electron chi connectivity index (χ1n) is 11.4. The first-order chi connectivity index (χ1) is 14.5. The first-order valence-corrected chi connectivity index (χ1v) is 11.4. The summed E-state index contributed by atoms with van der Waals surface area (Å²) < 4.78 is 5.31. The molecule has 0 amide bonds. The van der Waals surface area contributed by atoms with Gasteiger partial charge < -0.3 is 14.9 Å². The molecule has 30 heavy (non-hydrogen) atoms. The van der Waals surface area contributed by atoms with Crippen molar-refractivity contribution in [1.82, 2.24) is 0 Å². The molecule has 158 valence electrons. The van der Waals surface area contributed by atoms with Gasteiger partial charge in [0.05, 0.1) is 13.2 Å².